The molecule has 1 aliphatic carbocycles. The van der Waals surface area contributed by atoms with E-state index in [4.69, 9.17) is 0 Å². The number of amides is 1. The predicted molar refractivity (Wildman–Crippen MR) is 66.6 cm³/mol. The highest BCUT2D eigenvalue weighted by molar-refractivity contribution is 5.76. The lowest BCUT2D eigenvalue weighted by molar-refractivity contribution is -0.124. The minimum Gasteiger partial charge on any atom is -0.391 e. The fraction of sp³-hybridized carbons (Fsp3) is 0.923. The summed E-state index contributed by atoms with van der Waals surface area (Å²) < 4.78 is 0. The highest BCUT2D eigenvalue weighted by Crippen LogP contribution is 2.19. The van der Waals surface area contributed by atoms with Gasteiger partial charge in [-0.15, -0.1) is 0 Å². The summed E-state index contributed by atoms with van der Waals surface area (Å²) in [6.07, 6.45) is 6.55. The monoisotopic (exact) mass is 240 g/mol. The Morgan fingerprint density at radius 3 is 2.76 bits per heavy atom. The van der Waals surface area contributed by atoms with Crippen LogP contribution in [0.1, 0.15) is 44.9 Å². The van der Waals surface area contributed by atoms with Gasteiger partial charge in [-0.05, 0) is 44.7 Å². The second-order valence-electron chi connectivity index (χ2n) is 5.44. The van der Waals surface area contributed by atoms with Crippen molar-refractivity contribution in [2.45, 2.75) is 57.1 Å². The topological polar surface area (TPSA) is 61.4 Å². The van der Waals surface area contributed by atoms with Gasteiger partial charge in [-0.2, -0.15) is 0 Å². The van der Waals surface area contributed by atoms with Gasteiger partial charge in [0.05, 0.1) is 12.1 Å². The normalized spacial score (nSPS) is 34.3. The summed E-state index contributed by atoms with van der Waals surface area (Å²) >= 11 is 0. The lowest BCUT2D eigenvalue weighted by atomic mass is 9.91. The standard InChI is InChI=1S/C13H24N2O2/c16-12-6-2-1-5-11(12)15-13(17)8-10-4-3-7-14-9-10/h10-12,14,16H,1-9H2,(H,15,17). The van der Waals surface area contributed by atoms with Gasteiger partial charge in [0, 0.05) is 6.42 Å². The molecule has 1 saturated heterocycles. The number of aliphatic hydroxyl groups is 1. The molecule has 1 aliphatic heterocycles. The smallest absolute Gasteiger partial charge is 0.220 e. The van der Waals surface area contributed by atoms with Crippen LogP contribution in [0.2, 0.25) is 0 Å². The summed E-state index contributed by atoms with van der Waals surface area (Å²) in [6.45, 7) is 2.04. The molecule has 0 aromatic heterocycles. The first-order chi connectivity index (χ1) is 8.25. The number of piperidine rings is 1. The van der Waals surface area contributed by atoms with E-state index in [1.54, 1.807) is 0 Å². The minimum atomic E-state index is -0.336. The number of aliphatic hydroxyl groups excluding tert-OH is 1. The van der Waals surface area contributed by atoms with E-state index in [2.05, 4.69) is 10.6 Å². The van der Waals surface area contributed by atoms with Crippen LogP contribution in [0, 0.1) is 5.92 Å². The Hall–Kier alpha value is -0.610. The number of nitrogens with one attached hydrogen (secondary N) is 2. The van der Waals surface area contributed by atoms with Gasteiger partial charge in [0.25, 0.3) is 0 Å². The summed E-state index contributed by atoms with van der Waals surface area (Å²) in [5.41, 5.74) is 0. The van der Waals surface area contributed by atoms with Crippen molar-refractivity contribution in [3.63, 3.8) is 0 Å². The van der Waals surface area contributed by atoms with Gasteiger partial charge in [0.2, 0.25) is 5.91 Å². The molecular formula is C13H24N2O2. The van der Waals surface area contributed by atoms with Crippen LogP contribution in [0.5, 0.6) is 0 Å². The van der Waals surface area contributed by atoms with Gasteiger partial charge in [0.1, 0.15) is 0 Å². The summed E-state index contributed by atoms with van der Waals surface area (Å²) in [6, 6.07) is -0.00667. The molecule has 0 aromatic carbocycles. The highest BCUT2D eigenvalue weighted by atomic mass is 16.3. The first-order valence-electron chi connectivity index (χ1n) is 6.94. The number of carbonyl (C=O) groups is 1. The molecule has 0 spiro atoms. The van der Waals surface area contributed by atoms with Crippen molar-refractivity contribution in [3.05, 3.63) is 0 Å². The first kappa shape index (κ1) is 12.8. The molecule has 4 nitrogen and oxygen atoms in total. The quantitative estimate of drug-likeness (QED) is 0.683. The van der Waals surface area contributed by atoms with E-state index in [1.807, 2.05) is 0 Å². The van der Waals surface area contributed by atoms with Crippen molar-refractivity contribution in [2.24, 2.45) is 5.92 Å². The van der Waals surface area contributed by atoms with Gasteiger partial charge < -0.3 is 15.7 Å². The molecule has 3 atom stereocenters. The molecule has 2 aliphatic rings. The fourth-order valence-corrected chi connectivity index (χ4v) is 2.91. The lowest BCUT2D eigenvalue weighted by Crippen LogP contribution is -2.46. The maximum atomic E-state index is 11.9. The van der Waals surface area contributed by atoms with Gasteiger partial charge in [0.15, 0.2) is 0 Å². The Morgan fingerprint density at radius 1 is 1.24 bits per heavy atom. The molecular weight excluding hydrogens is 216 g/mol. The molecule has 1 amide bonds. The summed E-state index contributed by atoms with van der Waals surface area (Å²) in [5.74, 6) is 0.592. The average molecular weight is 240 g/mol. The molecule has 98 valence electrons. The molecule has 3 unspecified atom stereocenters. The molecule has 3 N–H and O–H groups in total. The van der Waals surface area contributed by atoms with Crippen molar-refractivity contribution in [2.75, 3.05) is 13.1 Å². The van der Waals surface area contributed by atoms with E-state index in [1.165, 1.54) is 6.42 Å². The van der Waals surface area contributed by atoms with E-state index < -0.39 is 0 Å². The molecule has 0 aromatic rings. The van der Waals surface area contributed by atoms with Crippen LogP contribution in [0.15, 0.2) is 0 Å². The van der Waals surface area contributed by atoms with Crippen molar-refractivity contribution in [1.82, 2.24) is 10.6 Å². The zero-order valence-electron chi connectivity index (χ0n) is 10.5. The number of carbonyl (C=O) groups excluding carboxylic acids is 1. The minimum absolute atomic E-state index is 0.00667. The van der Waals surface area contributed by atoms with Crippen LogP contribution in [0.4, 0.5) is 0 Å². The number of hydrogen-bond acceptors (Lipinski definition) is 3. The van der Waals surface area contributed by atoms with Gasteiger partial charge in [-0.1, -0.05) is 12.8 Å². The van der Waals surface area contributed by atoms with Crippen LogP contribution < -0.4 is 10.6 Å². The third-order valence-electron chi connectivity index (χ3n) is 3.95. The molecule has 0 bridgehead atoms. The second-order valence-corrected chi connectivity index (χ2v) is 5.44. The van der Waals surface area contributed by atoms with Crippen LogP contribution in [-0.4, -0.2) is 36.2 Å². The first-order valence-corrected chi connectivity index (χ1v) is 6.94. The van der Waals surface area contributed by atoms with E-state index in [-0.39, 0.29) is 18.1 Å². The highest BCUT2D eigenvalue weighted by Gasteiger charge is 2.25. The lowest BCUT2D eigenvalue weighted by Gasteiger charge is -2.29. The summed E-state index contributed by atoms with van der Waals surface area (Å²) in [5, 5.41) is 16.1. The van der Waals surface area contributed by atoms with Crippen LogP contribution in [0.25, 0.3) is 0 Å². The summed E-state index contributed by atoms with van der Waals surface area (Å²) in [4.78, 5) is 11.9. The van der Waals surface area contributed by atoms with Crippen molar-refractivity contribution < 1.29 is 9.90 Å². The van der Waals surface area contributed by atoms with Crippen LogP contribution in [0.3, 0.4) is 0 Å². The molecule has 4 heteroatoms. The number of hydrogen-bond donors (Lipinski definition) is 3. The Bertz CT molecular complexity index is 252. The zero-order valence-corrected chi connectivity index (χ0v) is 10.5. The van der Waals surface area contributed by atoms with Crippen molar-refractivity contribution in [3.8, 4) is 0 Å². The zero-order chi connectivity index (χ0) is 12.1. The Kier molecular flexibility index (Phi) is 4.80. The maximum absolute atomic E-state index is 11.9. The fourth-order valence-electron chi connectivity index (χ4n) is 2.91. The maximum Gasteiger partial charge on any atom is 0.220 e. The predicted octanol–water partition coefficient (Wildman–Crippen LogP) is 0.796. The number of rotatable bonds is 3. The average Bonchev–Trinajstić information content (AvgIpc) is 2.33. The molecule has 1 saturated carbocycles. The van der Waals surface area contributed by atoms with Crippen LogP contribution >= 0.6 is 0 Å². The largest absolute Gasteiger partial charge is 0.391 e. The third-order valence-corrected chi connectivity index (χ3v) is 3.95. The third kappa shape index (κ3) is 3.96. The van der Waals surface area contributed by atoms with E-state index in [0.717, 1.165) is 45.2 Å². The Balaban J connectivity index is 1.72. The van der Waals surface area contributed by atoms with E-state index in [9.17, 15) is 9.90 Å². The van der Waals surface area contributed by atoms with Gasteiger partial charge in [-0.3, -0.25) is 4.79 Å². The molecule has 2 rings (SSSR count). The van der Waals surface area contributed by atoms with Crippen molar-refractivity contribution >= 4 is 5.91 Å². The molecule has 17 heavy (non-hydrogen) atoms. The second kappa shape index (κ2) is 6.36. The SMILES string of the molecule is O=C(CC1CCCNC1)NC1CCCCC1O. The summed E-state index contributed by atoms with van der Waals surface area (Å²) in [7, 11) is 0. The van der Waals surface area contributed by atoms with Crippen LogP contribution in [-0.2, 0) is 4.79 Å². The Labute approximate surface area is 103 Å². The molecule has 2 fully saturated rings. The Morgan fingerprint density at radius 2 is 2.06 bits per heavy atom. The van der Waals surface area contributed by atoms with E-state index >= 15 is 0 Å². The molecule has 1 heterocycles. The van der Waals surface area contributed by atoms with Crippen molar-refractivity contribution in [1.29, 1.82) is 0 Å². The van der Waals surface area contributed by atoms with Gasteiger partial charge in [-0.25, -0.2) is 0 Å². The van der Waals surface area contributed by atoms with E-state index in [0.29, 0.717) is 12.3 Å². The molecule has 0 radical (unpaired) electrons. The van der Waals surface area contributed by atoms with Gasteiger partial charge >= 0.3 is 0 Å².